The summed E-state index contributed by atoms with van der Waals surface area (Å²) in [5, 5.41) is 1.06. The lowest BCUT2D eigenvalue weighted by atomic mass is 10.0. The zero-order chi connectivity index (χ0) is 24.9. The molecule has 37 heavy (non-hydrogen) atoms. The maximum Gasteiger partial charge on any atom is 0.220 e. The van der Waals surface area contributed by atoms with Crippen LogP contribution in [-0.4, -0.2) is 10.7 Å². The summed E-state index contributed by atoms with van der Waals surface area (Å²) in [4.78, 5) is 9.33. The SMILES string of the molecule is c1ccc(C(=Nc2ccc(-c3cnc(COCc4cc5ccccc5o4)o3)cc2)c2ccccc2)cc1. The Kier molecular flexibility index (Phi) is 6.43. The zero-order valence-electron chi connectivity index (χ0n) is 20.1. The van der Waals surface area contributed by atoms with Gasteiger partial charge in [-0.2, -0.15) is 0 Å². The van der Waals surface area contributed by atoms with Crippen LogP contribution in [0.1, 0.15) is 22.8 Å². The summed E-state index contributed by atoms with van der Waals surface area (Å²) in [5.41, 5.74) is 5.71. The van der Waals surface area contributed by atoms with Crippen LogP contribution in [0.2, 0.25) is 0 Å². The molecule has 0 amide bonds. The molecule has 0 aliphatic heterocycles. The fourth-order valence-electron chi connectivity index (χ4n) is 4.17. The number of oxazole rings is 1. The first kappa shape index (κ1) is 22.7. The van der Waals surface area contributed by atoms with Gasteiger partial charge in [0.25, 0.3) is 0 Å². The number of aliphatic imine (C=N–C) groups is 1. The number of para-hydroxylation sites is 1. The van der Waals surface area contributed by atoms with Crippen molar-refractivity contribution in [2.75, 3.05) is 0 Å². The summed E-state index contributed by atoms with van der Waals surface area (Å²) in [6, 6.07) is 38.3. The smallest absolute Gasteiger partial charge is 0.220 e. The molecule has 4 aromatic carbocycles. The van der Waals surface area contributed by atoms with Crippen LogP contribution in [0, 0.1) is 0 Å². The average molecular weight is 485 g/mol. The standard InChI is InChI=1S/C32H24N2O3/c1-3-9-24(10-4-1)32(25-11-5-2-6-12-25)34-27-17-15-23(16-18-27)30-20-33-31(37-30)22-35-21-28-19-26-13-7-8-14-29(26)36-28/h1-20H,21-22H2. The lowest BCUT2D eigenvalue weighted by Gasteiger charge is -2.08. The highest BCUT2D eigenvalue weighted by molar-refractivity contribution is 6.13. The van der Waals surface area contributed by atoms with Gasteiger partial charge in [0.2, 0.25) is 5.89 Å². The van der Waals surface area contributed by atoms with Crippen molar-refractivity contribution in [1.82, 2.24) is 4.98 Å². The van der Waals surface area contributed by atoms with Crippen molar-refractivity contribution in [3.05, 3.63) is 144 Å². The summed E-state index contributed by atoms with van der Waals surface area (Å²) in [5.74, 6) is 1.97. The van der Waals surface area contributed by atoms with E-state index in [9.17, 15) is 0 Å². The molecule has 0 fully saturated rings. The number of aromatic nitrogens is 1. The number of hydrogen-bond acceptors (Lipinski definition) is 5. The van der Waals surface area contributed by atoms with Crippen LogP contribution in [0.25, 0.3) is 22.3 Å². The summed E-state index contributed by atoms with van der Waals surface area (Å²) < 4.78 is 17.5. The van der Waals surface area contributed by atoms with Crippen LogP contribution < -0.4 is 0 Å². The molecule has 0 N–H and O–H groups in total. The van der Waals surface area contributed by atoms with E-state index in [2.05, 4.69) is 29.2 Å². The van der Waals surface area contributed by atoms with Gasteiger partial charge >= 0.3 is 0 Å². The van der Waals surface area contributed by atoms with E-state index in [1.807, 2.05) is 91.0 Å². The van der Waals surface area contributed by atoms with Gasteiger partial charge in [-0.1, -0.05) is 78.9 Å². The van der Waals surface area contributed by atoms with Crippen molar-refractivity contribution >= 4 is 22.4 Å². The molecule has 0 aliphatic carbocycles. The van der Waals surface area contributed by atoms with Gasteiger partial charge in [0, 0.05) is 22.1 Å². The Bertz CT molecular complexity index is 1560. The minimum Gasteiger partial charge on any atom is -0.459 e. The molecule has 0 radical (unpaired) electrons. The fraction of sp³-hybridized carbons (Fsp3) is 0.0625. The van der Waals surface area contributed by atoms with Crippen molar-refractivity contribution < 1.29 is 13.6 Å². The first-order valence-electron chi connectivity index (χ1n) is 12.1. The average Bonchev–Trinajstić information content (AvgIpc) is 3.60. The molecule has 2 aromatic heterocycles. The summed E-state index contributed by atoms with van der Waals surface area (Å²) in [7, 11) is 0. The highest BCUT2D eigenvalue weighted by Gasteiger charge is 2.10. The van der Waals surface area contributed by atoms with E-state index in [-0.39, 0.29) is 6.61 Å². The Morgan fingerprint density at radius 2 is 1.38 bits per heavy atom. The van der Waals surface area contributed by atoms with E-state index in [1.165, 1.54) is 0 Å². The first-order chi connectivity index (χ1) is 18.3. The molecule has 0 saturated carbocycles. The third-order valence-corrected chi connectivity index (χ3v) is 5.99. The van der Waals surface area contributed by atoms with Gasteiger partial charge in [0.1, 0.15) is 24.6 Å². The second kappa shape index (κ2) is 10.5. The summed E-state index contributed by atoms with van der Waals surface area (Å²) >= 11 is 0. The molecule has 0 spiro atoms. The molecule has 0 unspecified atom stereocenters. The molecule has 0 atom stereocenters. The number of benzene rings is 4. The van der Waals surface area contributed by atoms with Gasteiger partial charge < -0.3 is 13.6 Å². The Morgan fingerprint density at radius 3 is 2.08 bits per heavy atom. The summed E-state index contributed by atoms with van der Waals surface area (Å²) in [6.07, 6.45) is 1.72. The Morgan fingerprint density at radius 1 is 0.703 bits per heavy atom. The number of fused-ring (bicyclic) bond motifs is 1. The van der Waals surface area contributed by atoms with E-state index in [1.54, 1.807) is 6.20 Å². The third-order valence-electron chi connectivity index (χ3n) is 5.99. The van der Waals surface area contributed by atoms with Gasteiger partial charge in [-0.05, 0) is 36.4 Å². The van der Waals surface area contributed by atoms with Crippen molar-refractivity contribution in [2.24, 2.45) is 4.99 Å². The minimum absolute atomic E-state index is 0.261. The van der Waals surface area contributed by atoms with Gasteiger partial charge in [-0.3, -0.25) is 0 Å². The van der Waals surface area contributed by atoms with Crippen molar-refractivity contribution in [2.45, 2.75) is 13.2 Å². The summed E-state index contributed by atoms with van der Waals surface area (Å²) in [6.45, 7) is 0.612. The van der Waals surface area contributed by atoms with Gasteiger partial charge in [-0.25, -0.2) is 9.98 Å². The number of ether oxygens (including phenoxy) is 1. The van der Waals surface area contributed by atoms with Crippen LogP contribution in [0.15, 0.2) is 135 Å². The quantitative estimate of drug-likeness (QED) is 0.206. The second-order valence-electron chi connectivity index (χ2n) is 8.60. The van der Waals surface area contributed by atoms with Gasteiger partial charge in [-0.15, -0.1) is 0 Å². The molecule has 6 aromatic rings. The lowest BCUT2D eigenvalue weighted by molar-refractivity contribution is 0.0786. The van der Waals surface area contributed by atoms with Gasteiger partial charge in [0.15, 0.2) is 5.76 Å². The van der Waals surface area contributed by atoms with Crippen LogP contribution in [-0.2, 0) is 18.0 Å². The van der Waals surface area contributed by atoms with Crippen molar-refractivity contribution in [3.8, 4) is 11.3 Å². The predicted octanol–water partition coefficient (Wildman–Crippen LogP) is 7.97. The van der Waals surface area contributed by atoms with Crippen molar-refractivity contribution in [3.63, 3.8) is 0 Å². The molecule has 6 rings (SSSR count). The maximum atomic E-state index is 5.92. The molecule has 0 saturated heterocycles. The lowest BCUT2D eigenvalue weighted by Crippen LogP contribution is -2.02. The molecule has 0 bridgehead atoms. The Labute approximate surface area is 214 Å². The third kappa shape index (κ3) is 5.27. The molecule has 5 heteroatoms. The molecule has 0 aliphatic rings. The molecule has 5 nitrogen and oxygen atoms in total. The number of nitrogens with zero attached hydrogens (tertiary/aromatic N) is 2. The maximum absolute atomic E-state index is 5.92. The van der Waals surface area contributed by atoms with Gasteiger partial charge in [0.05, 0.1) is 17.6 Å². The second-order valence-corrected chi connectivity index (χ2v) is 8.60. The normalized spacial score (nSPS) is 11.0. The predicted molar refractivity (Wildman–Crippen MR) is 145 cm³/mol. The topological polar surface area (TPSA) is 60.8 Å². The monoisotopic (exact) mass is 484 g/mol. The fourth-order valence-corrected chi connectivity index (χ4v) is 4.17. The van der Waals surface area contributed by atoms with E-state index in [4.69, 9.17) is 18.6 Å². The Balaban J connectivity index is 1.15. The highest BCUT2D eigenvalue weighted by Crippen LogP contribution is 2.26. The van der Waals surface area contributed by atoms with E-state index >= 15 is 0 Å². The zero-order valence-corrected chi connectivity index (χ0v) is 20.1. The Hall–Kier alpha value is -4.74. The minimum atomic E-state index is 0.261. The number of furan rings is 1. The van der Waals surface area contributed by atoms with Crippen LogP contribution in [0.4, 0.5) is 5.69 Å². The van der Waals surface area contributed by atoms with Crippen LogP contribution in [0.5, 0.6) is 0 Å². The molecule has 2 heterocycles. The number of rotatable bonds is 8. The van der Waals surface area contributed by atoms with E-state index < -0.39 is 0 Å². The van der Waals surface area contributed by atoms with Crippen LogP contribution in [0.3, 0.4) is 0 Å². The molecule has 180 valence electrons. The molecular weight excluding hydrogens is 460 g/mol. The number of hydrogen-bond donors (Lipinski definition) is 0. The molecular formula is C32H24N2O3. The van der Waals surface area contributed by atoms with E-state index in [0.717, 1.165) is 44.8 Å². The van der Waals surface area contributed by atoms with E-state index in [0.29, 0.717) is 18.3 Å². The van der Waals surface area contributed by atoms with Crippen LogP contribution >= 0.6 is 0 Å². The van der Waals surface area contributed by atoms with Crippen molar-refractivity contribution in [1.29, 1.82) is 0 Å². The first-order valence-corrected chi connectivity index (χ1v) is 12.1. The largest absolute Gasteiger partial charge is 0.459 e. The highest BCUT2D eigenvalue weighted by atomic mass is 16.5.